The van der Waals surface area contributed by atoms with Crippen LogP contribution in [0.5, 0.6) is 0 Å². The molecule has 1 amide bonds. The van der Waals surface area contributed by atoms with Gasteiger partial charge in [0.15, 0.2) is 0 Å². The fourth-order valence-corrected chi connectivity index (χ4v) is 3.21. The summed E-state index contributed by atoms with van der Waals surface area (Å²) in [5, 5.41) is 10.9. The minimum Gasteiger partial charge on any atom is -0.507 e. The van der Waals surface area contributed by atoms with Gasteiger partial charge in [-0.1, -0.05) is 31.2 Å². The van der Waals surface area contributed by atoms with Gasteiger partial charge in [0.05, 0.1) is 11.8 Å². The van der Waals surface area contributed by atoms with E-state index in [0.717, 1.165) is 12.0 Å². The summed E-state index contributed by atoms with van der Waals surface area (Å²) in [5.74, 6) is -1.03. The van der Waals surface area contributed by atoms with E-state index in [1.54, 1.807) is 24.3 Å². The number of nitrogens with zero attached hydrogens (tertiary/aromatic N) is 2. The van der Waals surface area contributed by atoms with Crippen LogP contribution in [0.3, 0.4) is 0 Å². The molecule has 6 nitrogen and oxygen atoms in total. The van der Waals surface area contributed by atoms with E-state index in [1.165, 1.54) is 11.2 Å². The third-order valence-electron chi connectivity index (χ3n) is 4.78. The van der Waals surface area contributed by atoms with E-state index in [0.29, 0.717) is 24.4 Å². The summed E-state index contributed by atoms with van der Waals surface area (Å²) in [6.45, 7) is 2.99. The summed E-state index contributed by atoms with van der Waals surface area (Å²) in [5.41, 5.74) is 1.70. The van der Waals surface area contributed by atoms with E-state index in [-0.39, 0.29) is 11.3 Å². The molecule has 1 aromatic heterocycles. The van der Waals surface area contributed by atoms with Crippen LogP contribution in [0, 0.1) is 0 Å². The number of benzene rings is 1. The van der Waals surface area contributed by atoms with Crippen molar-refractivity contribution < 1.29 is 19.1 Å². The third kappa shape index (κ3) is 3.66. The van der Waals surface area contributed by atoms with Gasteiger partial charge in [0.1, 0.15) is 17.6 Å². The number of Topliss-reactive ketones (excluding diaryl/α,β-unsaturated/α-hetero) is 1. The highest BCUT2D eigenvalue weighted by Gasteiger charge is 2.47. The molecule has 1 fully saturated rings. The number of hydrogen-bond acceptors (Lipinski definition) is 5. The van der Waals surface area contributed by atoms with Gasteiger partial charge in [0.25, 0.3) is 11.7 Å². The van der Waals surface area contributed by atoms with Crippen LogP contribution in [0.2, 0.25) is 0 Å². The summed E-state index contributed by atoms with van der Waals surface area (Å²) in [6, 6.07) is 10.0. The maximum Gasteiger partial charge on any atom is 0.295 e. The minimum absolute atomic E-state index is 0.0676. The Balaban J connectivity index is 2.07. The van der Waals surface area contributed by atoms with Gasteiger partial charge in [-0.15, -0.1) is 0 Å². The molecule has 0 aliphatic carbocycles. The van der Waals surface area contributed by atoms with Gasteiger partial charge in [0, 0.05) is 18.7 Å². The number of carbonyl (C=O) groups excluding carboxylic acids is 2. The van der Waals surface area contributed by atoms with Crippen molar-refractivity contribution in [2.75, 3.05) is 27.2 Å². The van der Waals surface area contributed by atoms with Gasteiger partial charge < -0.3 is 19.3 Å². The quantitative estimate of drug-likeness (QED) is 0.482. The maximum atomic E-state index is 12.7. The Morgan fingerprint density at radius 3 is 2.44 bits per heavy atom. The molecule has 27 heavy (non-hydrogen) atoms. The molecule has 1 aliphatic rings. The summed E-state index contributed by atoms with van der Waals surface area (Å²) in [6.07, 6.45) is 2.37. The zero-order chi connectivity index (χ0) is 19.6. The lowest BCUT2D eigenvalue weighted by Gasteiger charge is -2.24. The molecular weight excluding hydrogens is 344 g/mol. The van der Waals surface area contributed by atoms with Crippen molar-refractivity contribution in [3.8, 4) is 0 Å². The summed E-state index contributed by atoms with van der Waals surface area (Å²) < 4.78 is 5.50. The number of aliphatic hydroxyl groups is 1. The van der Waals surface area contributed by atoms with Crippen molar-refractivity contribution in [3.05, 3.63) is 65.1 Å². The number of rotatable bonds is 6. The molecule has 2 aromatic rings. The Hall–Kier alpha value is -2.86. The van der Waals surface area contributed by atoms with Crippen LogP contribution in [0.25, 0.3) is 5.76 Å². The Bertz CT molecular complexity index is 851. The van der Waals surface area contributed by atoms with Gasteiger partial charge in [-0.25, -0.2) is 0 Å². The molecule has 142 valence electrons. The molecule has 0 bridgehead atoms. The number of carbonyl (C=O) groups is 2. The summed E-state index contributed by atoms with van der Waals surface area (Å²) >= 11 is 0. The summed E-state index contributed by atoms with van der Waals surface area (Å²) in [7, 11) is 3.79. The van der Waals surface area contributed by atoms with Crippen molar-refractivity contribution in [2.24, 2.45) is 0 Å². The number of hydrogen-bond donors (Lipinski definition) is 1. The molecule has 6 heteroatoms. The van der Waals surface area contributed by atoms with E-state index in [2.05, 4.69) is 0 Å². The second kappa shape index (κ2) is 7.80. The molecule has 1 N–H and O–H groups in total. The van der Waals surface area contributed by atoms with Gasteiger partial charge in [0.2, 0.25) is 0 Å². The molecule has 0 spiro atoms. The summed E-state index contributed by atoms with van der Waals surface area (Å²) in [4.78, 5) is 28.8. The second-order valence-corrected chi connectivity index (χ2v) is 6.86. The SMILES string of the molecule is CCc1ccc(/C(O)=C2/C(=O)C(=O)N(CCN(C)C)C2c2ccco2)cc1. The Labute approximate surface area is 158 Å². The highest BCUT2D eigenvalue weighted by molar-refractivity contribution is 6.46. The van der Waals surface area contributed by atoms with Crippen molar-refractivity contribution >= 4 is 17.4 Å². The average Bonchev–Trinajstić information content (AvgIpc) is 3.27. The molecule has 2 heterocycles. The normalized spacial score (nSPS) is 19.3. The number of aliphatic hydroxyl groups excluding tert-OH is 1. The lowest BCUT2D eigenvalue weighted by Crippen LogP contribution is -2.35. The molecule has 0 radical (unpaired) electrons. The Morgan fingerprint density at radius 2 is 1.89 bits per heavy atom. The molecule has 1 unspecified atom stereocenters. The second-order valence-electron chi connectivity index (χ2n) is 6.86. The maximum absolute atomic E-state index is 12.7. The minimum atomic E-state index is -0.731. The highest BCUT2D eigenvalue weighted by atomic mass is 16.3. The van der Waals surface area contributed by atoms with Crippen molar-refractivity contribution in [1.29, 1.82) is 0 Å². The Kier molecular flexibility index (Phi) is 5.46. The smallest absolute Gasteiger partial charge is 0.295 e. The number of likely N-dealkylation sites (tertiary alicyclic amines) is 1. The molecule has 1 atom stereocenters. The monoisotopic (exact) mass is 368 g/mol. The largest absolute Gasteiger partial charge is 0.507 e. The van der Waals surface area contributed by atoms with Crippen LogP contribution >= 0.6 is 0 Å². The first-order valence-electron chi connectivity index (χ1n) is 9.00. The van der Waals surface area contributed by atoms with Crippen molar-refractivity contribution in [3.63, 3.8) is 0 Å². The third-order valence-corrected chi connectivity index (χ3v) is 4.78. The molecule has 1 aliphatic heterocycles. The standard InChI is InChI=1S/C21H24N2O4/c1-4-14-7-9-15(10-8-14)19(24)17-18(16-6-5-13-27-16)23(12-11-22(2)3)21(26)20(17)25/h5-10,13,18,24H,4,11-12H2,1-3H3/b19-17-. The Morgan fingerprint density at radius 1 is 1.19 bits per heavy atom. The lowest BCUT2D eigenvalue weighted by molar-refractivity contribution is -0.140. The number of likely N-dealkylation sites (N-methyl/N-ethyl adjacent to an activating group) is 1. The van der Waals surface area contributed by atoms with Gasteiger partial charge in [-0.05, 0) is 38.2 Å². The highest BCUT2D eigenvalue weighted by Crippen LogP contribution is 2.39. The first-order valence-corrected chi connectivity index (χ1v) is 9.00. The van der Waals surface area contributed by atoms with Gasteiger partial charge >= 0.3 is 0 Å². The topological polar surface area (TPSA) is 74.0 Å². The molecule has 1 aromatic carbocycles. The fourth-order valence-electron chi connectivity index (χ4n) is 3.21. The van der Waals surface area contributed by atoms with Crippen LogP contribution in [0.15, 0.2) is 52.7 Å². The van der Waals surface area contributed by atoms with Crippen molar-refractivity contribution in [2.45, 2.75) is 19.4 Å². The van der Waals surface area contributed by atoms with Crippen molar-refractivity contribution in [1.82, 2.24) is 9.80 Å². The molecular formula is C21H24N2O4. The molecule has 3 rings (SSSR count). The van der Waals surface area contributed by atoms with Crippen LogP contribution in [0.4, 0.5) is 0 Å². The van der Waals surface area contributed by atoms with Crippen LogP contribution in [-0.2, 0) is 16.0 Å². The van der Waals surface area contributed by atoms with Crippen LogP contribution in [0.1, 0.15) is 29.9 Å². The molecule has 0 saturated carbocycles. The van der Waals surface area contributed by atoms with E-state index in [4.69, 9.17) is 4.42 Å². The van der Waals surface area contributed by atoms with Gasteiger partial charge in [-0.2, -0.15) is 0 Å². The van der Waals surface area contributed by atoms with Crippen LogP contribution < -0.4 is 0 Å². The number of ketones is 1. The predicted octanol–water partition coefficient (Wildman–Crippen LogP) is 2.83. The van der Waals surface area contributed by atoms with E-state index in [1.807, 2.05) is 38.1 Å². The first kappa shape index (κ1) is 18.9. The van der Waals surface area contributed by atoms with Gasteiger partial charge in [-0.3, -0.25) is 9.59 Å². The molecule has 1 saturated heterocycles. The number of amides is 1. The number of aryl methyl sites for hydroxylation is 1. The fraction of sp³-hybridized carbons (Fsp3) is 0.333. The van der Waals surface area contributed by atoms with E-state index < -0.39 is 17.7 Å². The first-order chi connectivity index (χ1) is 12.9. The lowest BCUT2D eigenvalue weighted by atomic mass is 9.98. The zero-order valence-corrected chi connectivity index (χ0v) is 15.8. The van der Waals surface area contributed by atoms with E-state index in [9.17, 15) is 14.7 Å². The zero-order valence-electron chi connectivity index (χ0n) is 15.8. The van der Waals surface area contributed by atoms with Crippen LogP contribution in [-0.4, -0.2) is 53.8 Å². The predicted molar refractivity (Wildman–Crippen MR) is 102 cm³/mol. The average molecular weight is 368 g/mol. The number of furan rings is 1. The van der Waals surface area contributed by atoms with E-state index >= 15 is 0 Å².